The number of likely N-dealkylation sites (tertiary alicyclic amines) is 1. The van der Waals surface area contributed by atoms with Gasteiger partial charge < -0.3 is 4.90 Å². The highest BCUT2D eigenvalue weighted by molar-refractivity contribution is 7.20. The third-order valence-corrected chi connectivity index (χ3v) is 12.7. The summed E-state index contributed by atoms with van der Waals surface area (Å²) in [4.78, 5) is 1.70. The van der Waals surface area contributed by atoms with Crippen molar-refractivity contribution in [2.45, 2.75) is 12.8 Å². The van der Waals surface area contributed by atoms with Gasteiger partial charge in [0.05, 0.1) is 63.2 Å². The Labute approximate surface area is 394 Å². The molecule has 0 radical (unpaired) electrons. The highest BCUT2D eigenvalue weighted by Gasteiger charge is 2.52. The van der Waals surface area contributed by atoms with E-state index in [0.717, 1.165) is 0 Å². The molecule has 1 aliphatic rings. The Morgan fingerprint density at radius 2 is 0.333 bits per heavy atom. The van der Waals surface area contributed by atoms with Gasteiger partial charge in [0.25, 0.3) is 0 Å². The lowest BCUT2D eigenvalue weighted by atomic mass is 9.12. The van der Waals surface area contributed by atoms with Crippen molar-refractivity contribution in [1.82, 2.24) is 0 Å². The minimum atomic E-state index is -7.99. The van der Waals surface area contributed by atoms with Crippen molar-refractivity contribution in [3.63, 3.8) is 0 Å². The molecule has 0 aromatic heterocycles. The van der Waals surface area contributed by atoms with Crippen molar-refractivity contribution in [1.29, 1.82) is 0 Å². The number of fused-ring (bicyclic) bond motifs is 4. The number of rotatable bonds is 4. The topological polar surface area (TPSA) is 4.44 Å². The van der Waals surface area contributed by atoms with Crippen LogP contribution < -0.4 is 26.8 Å². The summed E-state index contributed by atoms with van der Waals surface area (Å²) in [5.74, 6) is -102. The first-order valence-corrected chi connectivity index (χ1v) is 20.2. The van der Waals surface area contributed by atoms with Gasteiger partial charge in [0.1, 0.15) is 52.7 Å². The minimum Gasteiger partial charge on any atom is -0.337 e. The van der Waals surface area contributed by atoms with Gasteiger partial charge in [-0.25, -0.2) is 123 Å². The summed E-state index contributed by atoms with van der Waals surface area (Å²) in [5, 5.41) is -25.0. The second kappa shape index (κ2) is 18.3. The van der Waals surface area contributed by atoms with Gasteiger partial charge in [0.2, 0.25) is 0 Å². The van der Waals surface area contributed by atoms with E-state index in [1.165, 1.54) is 25.9 Å². The molecular formula is C45H12BF28N. The Kier molecular flexibility index (Phi) is 13.2. The molecular weight excluding hydrogens is 1100 g/mol. The minimum absolute atomic E-state index is 1.40. The second-order valence-corrected chi connectivity index (χ2v) is 16.5. The van der Waals surface area contributed by atoms with Crippen molar-refractivity contribution >= 4 is 71.1 Å². The summed E-state index contributed by atoms with van der Waals surface area (Å²) < 4.78 is 442. The lowest BCUT2D eigenvalue weighted by Gasteiger charge is -2.45. The third kappa shape index (κ3) is 7.04. The maximum absolute atomic E-state index is 17.4. The van der Waals surface area contributed by atoms with Gasteiger partial charge >= 0.3 is 0 Å². The lowest BCUT2D eigenvalue weighted by molar-refractivity contribution is -0.866. The van der Waals surface area contributed by atoms with Crippen LogP contribution in [0.5, 0.6) is 0 Å². The number of benzene rings is 8. The quantitative estimate of drug-likeness (QED) is 0.0775. The van der Waals surface area contributed by atoms with Gasteiger partial charge in [-0.2, -0.15) is 0 Å². The molecule has 0 unspecified atom stereocenters. The van der Waals surface area contributed by atoms with E-state index in [-0.39, 0.29) is 0 Å². The first-order chi connectivity index (χ1) is 34.9. The fraction of sp³-hybridized carbons (Fsp3) is 0.111. The predicted molar refractivity (Wildman–Crippen MR) is 205 cm³/mol. The second-order valence-electron chi connectivity index (χ2n) is 16.5. The highest BCUT2D eigenvalue weighted by Crippen LogP contribution is 2.41. The normalized spacial score (nSPS) is 13.4. The first-order valence-electron chi connectivity index (χ1n) is 20.2. The van der Waals surface area contributed by atoms with Crippen LogP contribution in [-0.4, -0.2) is 26.3 Å². The van der Waals surface area contributed by atoms with E-state index in [2.05, 4.69) is 7.05 Å². The standard InChI is InChI=1S/C40BF28.C5H11N/c42-13-1-5(25(54)37(66)33(62)21(1)50)17(46)29(58)9(13)41(10-14(43)2-6(18(47)30(10)59)26(55)38(67)34(63)22(2)51,11-15(44)3-7(19(48)31(11)60)27(56)39(68)35(64)23(3)52)12-16(45)4-8(20(49)32(12)61)28(57)40(69)36(65)24(4)53;1-6-4-2-3-5-6/h;2-5H2,1H3/q-1;/p+1. The average Bonchev–Trinajstić information content (AvgIpc) is 3.86. The predicted octanol–water partition coefficient (Wildman–Crippen LogP) is 10.9. The molecule has 1 aliphatic heterocycles. The molecule has 0 atom stereocenters. The zero-order valence-corrected chi connectivity index (χ0v) is 35.5. The molecule has 0 bridgehead atoms. The summed E-state index contributed by atoms with van der Waals surface area (Å²) in [6, 6.07) is 0. The summed E-state index contributed by atoms with van der Waals surface area (Å²) in [7, 11) is 2.26. The van der Waals surface area contributed by atoms with E-state index >= 15 is 87.8 Å². The van der Waals surface area contributed by atoms with E-state index in [1.807, 2.05) is 0 Å². The van der Waals surface area contributed by atoms with Gasteiger partial charge in [-0.3, -0.25) is 0 Å². The molecule has 1 saturated heterocycles. The maximum Gasteiger partial charge on any atom is 0.198 e. The van der Waals surface area contributed by atoms with Crippen molar-refractivity contribution in [2.24, 2.45) is 0 Å². The summed E-state index contributed by atoms with van der Waals surface area (Å²) >= 11 is 0. The average molecular weight is 1110 g/mol. The van der Waals surface area contributed by atoms with E-state index < -0.39 is 234 Å². The molecule has 1 fully saturated rings. The summed E-state index contributed by atoms with van der Waals surface area (Å²) in [6.45, 7) is 2.81. The molecule has 9 rings (SSSR count). The molecule has 1 heterocycles. The van der Waals surface area contributed by atoms with Crippen LogP contribution in [0.2, 0.25) is 0 Å². The van der Waals surface area contributed by atoms with Crippen LogP contribution in [0.25, 0.3) is 43.1 Å². The number of halogens is 28. The lowest BCUT2D eigenvalue weighted by Crippen LogP contribution is -3.06. The Morgan fingerprint density at radius 1 is 0.200 bits per heavy atom. The Morgan fingerprint density at radius 3 is 0.467 bits per heavy atom. The molecule has 1 N–H and O–H groups in total. The Bertz CT molecular complexity index is 3420. The van der Waals surface area contributed by atoms with Crippen LogP contribution in [0, 0.1) is 163 Å². The smallest absolute Gasteiger partial charge is 0.198 e. The van der Waals surface area contributed by atoms with Gasteiger partial charge in [-0.15, -0.1) is 21.9 Å². The van der Waals surface area contributed by atoms with Crippen LogP contribution >= 0.6 is 0 Å². The Balaban J connectivity index is 0.00000116. The molecule has 1 nitrogen and oxygen atoms in total. The molecule has 396 valence electrons. The van der Waals surface area contributed by atoms with Crippen molar-refractivity contribution in [3.8, 4) is 0 Å². The monoisotopic (exact) mass is 1110 g/mol. The maximum atomic E-state index is 17.4. The zero-order chi connectivity index (χ0) is 56.0. The Hall–Kier alpha value is -7.14. The molecule has 30 heteroatoms. The molecule has 0 saturated carbocycles. The van der Waals surface area contributed by atoms with Crippen molar-refractivity contribution in [2.75, 3.05) is 20.1 Å². The van der Waals surface area contributed by atoms with Crippen LogP contribution in [0.3, 0.4) is 0 Å². The van der Waals surface area contributed by atoms with Gasteiger partial charge in [0.15, 0.2) is 116 Å². The van der Waals surface area contributed by atoms with Gasteiger partial charge in [-0.05, 0) is 0 Å². The van der Waals surface area contributed by atoms with Gasteiger partial charge in [-0.1, -0.05) is 0 Å². The number of nitrogens with one attached hydrogen (secondary N) is 1. The van der Waals surface area contributed by atoms with Crippen molar-refractivity contribution < 1.29 is 128 Å². The van der Waals surface area contributed by atoms with E-state index in [9.17, 15) is 35.1 Å². The number of quaternary nitrogens is 1. The van der Waals surface area contributed by atoms with E-state index in [4.69, 9.17) is 0 Å². The number of hydrogen-bond donors (Lipinski definition) is 1. The third-order valence-electron chi connectivity index (χ3n) is 12.7. The molecule has 0 aliphatic carbocycles. The van der Waals surface area contributed by atoms with Crippen LogP contribution in [0.1, 0.15) is 12.8 Å². The van der Waals surface area contributed by atoms with Gasteiger partial charge in [0, 0.05) is 12.8 Å². The zero-order valence-electron chi connectivity index (χ0n) is 35.5. The molecule has 8 aromatic carbocycles. The molecule has 8 aromatic rings. The fourth-order valence-corrected chi connectivity index (χ4v) is 9.38. The summed E-state index contributed by atoms with van der Waals surface area (Å²) in [5.41, 5.74) is -15.9. The SMILES string of the molecule is C[NH+]1CCCC1.Fc1c(F)c(F)c2c(F)c([B-](c3c(F)c(F)c4c(F)c(F)c(F)c(F)c4c3F)(c3c(F)c(F)c4c(F)c(F)c(F)c(F)c4c3F)c3c(F)c(F)c4c(F)c(F)c(F)c(F)c4c3F)c(F)c(F)c2c1F. The van der Waals surface area contributed by atoms with E-state index in [0.29, 0.717) is 0 Å². The highest BCUT2D eigenvalue weighted by atomic mass is 19.2. The van der Waals surface area contributed by atoms with Crippen molar-refractivity contribution in [3.05, 3.63) is 163 Å². The first kappa shape index (κ1) is 54.1. The van der Waals surface area contributed by atoms with Crippen LogP contribution in [0.4, 0.5) is 123 Å². The largest absolute Gasteiger partial charge is 0.337 e. The van der Waals surface area contributed by atoms with Crippen LogP contribution in [0.15, 0.2) is 0 Å². The molecule has 0 amide bonds. The molecule has 75 heavy (non-hydrogen) atoms. The van der Waals surface area contributed by atoms with E-state index in [1.54, 1.807) is 4.90 Å². The molecule has 0 spiro atoms. The fourth-order valence-electron chi connectivity index (χ4n) is 9.38. The van der Waals surface area contributed by atoms with Crippen LogP contribution in [-0.2, 0) is 0 Å². The number of hydrogen-bond acceptors (Lipinski definition) is 0. The summed E-state index contributed by atoms with van der Waals surface area (Å²) in [6.07, 6.45) is -5.09.